The molecule has 0 radical (unpaired) electrons. The summed E-state index contributed by atoms with van der Waals surface area (Å²) in [5.41, 5.74) is 1.22. The largest absolute Gasteiger partial charge is 0.481 e. The van der Waals surface area contributed by atoms with Gasteiger partial charge in [-0.2, -0.15) is 0 Å². The molecule has 19 heavy (non-hydrogen) atoms. The molecule has 3 nitrogen and oxygen atoms in total. The third kappa shape index (κ3) is 3.47. The highest BCUT2D eigenvalue weighted by Crippen LogP contribution is 2.43. The van der Waals surface area contributed by atoms with E-state index in [0.29, 0.717) is 5.02 Å². The summed E-state index contributed by atoms with van der Waals surface area (Å²) in [6.07, 6.45) is 6.73. The zero-order valence-electron chi connectivity index (χ0n) is 11.4. The van der Waals surface area contributed by atoms with Crippen molar-refractivity contribution >= 4 is 17.6 Å². The Morgan fingerprint density at radius 3 is 2.95 bits per heavy atom. The van der Waals surface area contributed by atoms with E-state index < -0.39 is 5.97 Å². The maximum atomic E-state index is 11.4. The summed E-state index contributed by atoms with van der Waals surface area (Å²) >= 11 is 6.13. The number of hydrogen-bond acceptors (Lipinski definition) is 2. The molecule has 0 aromatic carbocycles. The van der Waals surface area contributed by atoms with E-state index >= 15 is 0 Å². The van der Waals surface area contributed by atoms with Crippen LogP contribution < -0.4 is 0 Å². The van der Waals surface area contributed by atoms with Crippen molar-refractivity contribution in [3.8, 4) is 0 Å². The molecule has 1 aromatic rings. The molecule has 2 rings (SSSR count). The van der Waals surface area contributed by atoms with E-state index in [1.807, 2.05) is 6.07 Å². The predicted octanol–water partition coefficient (Wildman–Crippen LogP) is 3.80. The molecular formula is C15H20ClNO2. The molecule has 1 aromatic heterocycles. The Bertz CT molecular complexity index is 473. The normalized spacial score (nSPS) is 26.1. The summed E-state index contributed by atoms with van der Waals surface area (Å²) in [4.78, 5) is 15.4. The second-order valence-corrected chi connectivity index (χ2v) is 6.69. The molecular weight excluding hydrogens is 262 g/mol. The molecule has 0 bridgehead atoms. The maximum absolute atomic E-state index is 11.4. The Labute approximate surface area is 119 Å². The van der Waals surface area contributed by atoms with E-state index in [1.54, 1.807) is 12.4 Å². The van der Waals surface area contributed by atoms with Crippen LogP contribution in [0.5, 0.6) is 0 Å². The number of aromatic nitrogens is 1. The van der Waals surface area contributed by atoms with Gasteiger partial charge in [-0.05, 0) is 48.6 Å². The van der Waals surface area contributed by atoms with Gasteiger partial charge in [-0.1, -0.05) is 25.4 Å². The Hall–Kier alpha value is -1.09. The summed E-state index contributed by atoms with van der Waals surface area (Å²) in [5.74, 6) is -0.774. The van der Waals surface area contributed by atoms with Crippen LogP contribution in [0.1, 0.15) is 38.7 Å². The number of halogens is 1. The highest BCUT2D eigenvalue weighted by molar-refractivity contribution is 6.31. The van der Waals surface area contributed by atoms with E-state index in [2.05, 4.69) is 18.8 Å². The molecule has 0 saturated heterocycles. The number of nitrogens with zero attached hydrogens (tertiary/aromatic N) is 1. The van der Waals surface area contributed by atoms with Crippen LogP contribution in [0.25, 0.3) is 0 Å². The number of carboxylic acids is 1. The molecule has 1 aliphatic carbocycles. The van der Waals surface area contributed by atoms with Crippen molar-refractivity contribution < 1.29 is 9.90 Å². The SMILES string of the molecule is CC1(C)CCC(C(=O)O)C(Cc2ccncc2Cl)C1. The molecule has 1 heterocycles. The van der Waals surface area contributed by atoms with Gasteiger partial charge >= 0.3 is 5.97 Å². The van der Waals surface area contributed by atoms with E-state index in [9.17, 15) is 9.90 Å². The van der Waals surface area contributed by atoms with E-state index in [1.165, 1.54) is 0 Å². The van der Waals surface area contributed by atoms with Crippen LogP contribution >= 0.6 is 11.6 Å². The zero-order valence-corrected chi connectivity index (χ0v) is 12.2. The third-order valence-corrected chi connectivity index (χ3v) is 4.51. The van der Waals surface area contributed by atoms with E-state index in [0.717, 1.165) is 31.2 Å². The Morgan fingerprint density at radius 1 is 1.58 bits per heavy atom. The monoisotopic (exact) mass is 281 g/mol. The van der Waals surface area contributed by atoms with Gasteiger partial charge in [-0.3, -0.25) is 9.78 Å². The average molecular weight is 282 g/mol. The van der Waals surface area contributed by atoms with Gasteiger partial charge in [0.2, 0.25) is 0 Å². The summed E-state index contributed by atoms with van der Waals surface area (Å²) in [6, 6.07) is 1.89. The molecule has 104 valence electrons. The highest BCUT2D eigenvalue weighted by Gasteiger charge is 2.38. The third-order valence-electron chi connectivity index (χ3n) is 4.17. The molecule has 1 aliphatic rings. The van der Waals surface area contributed by atoms with Gasteiger partial charge in [0.05, 0.1) is 10.9 Å². The zero-order chi connectivity index (χ0) is 14.0. The van der Waals surface area contributed by atoms with Crippen molar-refractivity contribution in [2.45, 2.75) is 39.5 Å². The molecule has 0 amide bonds. The van der Waals surface area contributed by atoms with Crippen LogP contribution in [0, 0.1) is 17.3 Å². The topological polar surface area (TPSA) is 50.2 Å². The number of rotatable bonds is 3. The van der Waals surface area contributed by atoms with Crippen molar-refractivity contribution in [2.24, 2.45) is 17.3 Å². The van der Waals surface area contributed by atoms with Gasteiger partial charge in [-0.25, -0.2) is 0 Å². The molecule has 1 N–H and O–H groups in total. The molecule has 2 atom stereocenters. The number of carbonyl (C=O) groups is 1. The molecule has 1 fully saturated rings. The van der Waals surface area contributed by atoms with Crippen molar-refractivity contribution in [1.82, 2.24) is 4.98 Å². The molecule has 4 heteroatoms. The Balaban J connectivity index is 2.19. The van der Waals surface area contributed by atoms with Gasteiger partial charge in [0.1, 0.15) is 0 Å². The lowest BCUT2D eigenvalue weighted by Crippen LogP contribution is -2.35. The second kappa shape index (κ2) is 5.49. The lowest BCUT2D eigenvalue weighted by Gasteiger charge is -2.39. The van der Waals surface area contributed by atoms with Gasteiger partial charge in [0.15, 0.2) is 0 Å². The lowest BCUT2D eigenvalue weighted by atomic mass is 9.65. The molecule has 2 unspecified atom stereocenters. The fourth-order valence-electron chi connectivity index (χ4n) is 3.13. The van der Waals surface area contributed by atoms with E-state index in [4.69, 9.17) is 11.6 Å². The number of aliphatic carboxylic acids is 1. The second-order valence-electron chi connectivity index (χ2n) is 6.28. The van der Waals surface area contributed by atoms with Gasteiger partial charge in [-0.15, -0.1) is 0 Å². The minimum Gasteiger partial charge on any atom is -0.481 e. The quantitative estimate of drug-likeness (QED) is 0.917. The summed E-state index contributed by atoms with van der Waals surface area (Å²) < 4.78 is 0. The van der Waals surface area contributed by atoms with Crippen molar-refractivity contribution in [1.29, 1.82) is 0 Å². The van der Waals surface area contributed by atoms with Crippen molar-refractivity contribution in [3.63, 3.8) is 0 Å². The van der Waals surface area contributed by atoms with E-state index in [-0.39, 0.29) is 17.3 Å². The van der Waals surface area contributed by atoms with Crippen LogP contribution in [0.3, 0.4) is 0 Å². The summed E-state index contributed by atoms with van der Waals surface area (Å²) in [5, 5.41) is 10.0. The van der Waals surface area contributed by atoms with Crippen molar-refractivity contribution in [2.75, 3.05) is 0 Å². The number of hydrogen-bond donors (Lipinski definition) is 1. The van der Waals surface area contributed by atoms with Crippen LogP contribution in [0.4, 0.5) is 0 Å². The molecule has 1 saturated carbocycles. The Kier molecular flexibility index (Phi) is 4.14. The smallest absolute Gasteiger partial charge is 0.306 e. The van der Waals surface area contributed by atoms with Gasteiger partial charge in [0.25, 0.3) is 0 Å². The summed E-state index contributed by atoms with van der Waals surface area (Å²) in [7, 11) is 0. The fourth-order valence-corrected chi connectivity index (χ4v) is 3.32. The summed E-state index contributed by atoms with van der Waals surface area (Å²) in [6.45, 7) is 4.43. The standard InChI is InChI=1S/C15H20ClNO2/c1-15(2)5-3-12(14(18)19)11(8-15)7-10-4-6-17-9-13(10)16/h4,6,9,11-12H,3,5,7-8H2,1-2H3,(H,18,19). The molecule has 0 spiro atoms. The predicted molar refractivity (Wildman–Crippen MR) is 75.2 cm³/mol. The average Bonchev–Trinajstić information content (AvgIpc) is 2.30. The Morgan fingerprint density at radius 2 is 2.32 bits per heavy atom. The van der Waals surface area contributed by atoms with Crippen LogP contribution in [-0.4, -0.2) is 16.1 Å². The number of pyridine rings is 1. The first kappa shape index (κ1) is 14.3. The number of carboxylic acid groups (broad SMARTS) is 1. The van der Waals surface area contributed by atoms with Crippen LogP contribution in [-0.2, 0) is 11.2 Å². The van der Waals surface area contributed by atoms with Gasteiger partial charge < -0.3 is 5.11 Å². The minimum absolute atomic E-state index is 0.154. The van der Waals surface area contributed by atoms with Crippen molar-refractivity contribution in [3.05, 3.63) is 29.0 Å². The lowest BCUT2D eigenvalue weighted by molar-refractivity contribution is -0.146. The van der Waals surface area contributed by atoms with Gasteiger partial charge in [0, 0.05) is 12.4 Å². The maximum Gasteiger partial charge on any atom is 0.306 e. The highest BCUT2D eigenvalue weighted by atomic mass is 35.5. The first-order chi connectivity index (χ1) is 8.89. The molecule has 0 aliphatic heterocycles. The first-order valence-electron chi connectivity index (χ1n) is 6.70. The minimum atomic E-state index is -0.675. The fraction of sp³-hybridized carbons (Fsp3) is 0.600. The van der Waals surface area contributed by atoms with Crippen LogP contribution in [0.15, 0.2) is 18.5 Å². The van der Waals surface area contributed by atoms with Crippen LogP contribution in [0.2, 0.25) is 5.02 Å². The first-order valence-corrected chi connectivity index (χ1v) is 7.08.